The lowest BCUT2D eigenvalue weighted by Crippen LogP contribution is -2.37. The predicted molar refractivity (Wildman–Crippen MR) is 113 cm³/mol. The van der Waals surface area contributed by atoms with Crippen molar-refractivity contribution in [3.63, 3.8) is 0 Å². The maximum atomic E-state index is 12.8. The van der Waals surface area contributed by atoms with Crippen molar-refractivity contribution in [1.29, 1.82) is 0 Å². The third-order valence-electron chi connectivity index (χ3n) is 4.73. The van der Waals surface area contributed by atoms with Crippen LogP contribution < -0.4 is 26.0 Å². The number of hydrogen-bond acceptors (Lipinski definition) is 7. The number of fused-ring (bicyclic) bond motifs is 1. The Labute approximate surface area is 176 Å². The van der Waals surface area contributed by atoms with Gasteiger partial charge in [-0.25, -0.2) is 9.59 Å². The Morgan fingerprint density at radius 1 is 1.00 bits per heavy atom. The van der Waals surface area contributed by atoms with E-state index in [0.29, 0.717) is 22.7 Å². The van der Waals surface area contributed by atoms with Gasteiger partial charge in [0.15, 0.2) is 6.61 Å². The highest BCUT2D eigenvalue weighted by Gasteiger charge is 2.15. The molecule has 0 aliphatic rings. The van der Waals surface area contributed by atoms with Crippen molar-refractivity contribution in [2.75, 3.05) is 26.1 Å². The number of aryl methyl sites for hydroxylation is 1. The first-order valence-electron chi connectivity index (χ1n) is 9.15. The molecule has 0 unspecified atom stereocenters. The minimum Gasteiger partial charge on any atom is -0.495 e. The van der Waals surface area contributed by atoms with Crippen LogP contribution in [0.1, 0.15) is 10.4 Å². The summed E-state index contributed by atoms with van der Waals surface area (Å²) in [5, 5.41) is 2.94. The third kappa shape index (κ3) is 4.27. The van der Waals surface area contributed by atoms with Gasteiger partial charge in [-0.2, -0.15) is 0 Å². The van der Waals surface area contributed by atoms with Gasteiger partial charge in [-0.05, 0) is 30.3 Å². The van der Waals surface area contributed by atoms with Gasteiger partial charge < -0.3 is 19.5 Å². The molecule has 2 aromatic carbocycles. The van der Waals surface area contributed by atoms with Gasteiger partial charge in [0.25, 0.3) is 11.5 Å². The number of carbonyl (C=O) groups excluding carboxylic acids is 2. The van der Waals surface area contributed by atoms with Gasteiger partial charge in [0.05, 0.1) is 30.8 Å². The summed E-state index contributed by atoms with van der Waals surface area (Å²) in [4.78, 5) is 48.7. The molecule has 1 N–H and O–H groups in total. The van der Waals surface area contributed by atoms with E-state index in [1.807, 2.05) is 0 Å². The van der Waals surface area contributed by atoms with Crippen LogP contribution in [0.3, 0.4) is 0 Å². The van der Waals surface area contributed by atoms with E-state index in [1.54, 1.807) is 25.2 Å². The maximum Gasteiger partial charge on any atom is 0.343 e. The molecule has 31 heavy (non-hydrogen) atoms. The second-order valence-corrected chi connectivity index (χ2v) is 6.62. The minimum absolute atomic E-state index is 0.214. The number of anilines is 1. The van der Waals surface area contributed by atoms with Crippen LogP contribution in [0, 0.1) is 0 Å². The second kappa shape index (κ2) is 8.74. The molecule has 3 aromatic rings. The third-order valence-corrected chi connectivity index (χ3v) is 4.73. The van der Waals surface area contributed by atoms with E-state index < -0.39 is 23.1 Å². The molecule has 0 saturated heterocycles. The van der Waals surface area contributed by atoms with Gasteiger partial charge >= 0.3 is 11.7 Å². The first kappa shape index (κ1) is 21.6. The number of hydrogen-bond donors (Lipinski definition) is 1. The highest BCUT2D eigenvalue weighted by atomic mass is 16.6. The molecule has 1 aromatic heterocycles. The molecule has 10 nitrogen and oxygen atoms in total. The predicted octanol–water partition coefficient (Wildman–Crippen LogP) is 1.05. The van der Waals surface area contributed by atoms with Crippen molar-refractivity contribution in [3.05, 3.63) is 62.8 Å². The van der Waals surface area contributed by atoms with Crippen LogP contribution in [-0.4, -0.2) is 41.8 Å². The Morgan fingerprint density at radius 2 is 1.74 bits per heavy atom. The van der Waals surface area contributed by atoms with Crippen molar-refractivity contribution >= 4 is 28.5 Å². The highest BCUT2D eigenvalue weighted by molar-refractivity contribution is 6.06. The second-order valence-electron chi connectivity index (χ2n) is 6.62. The quantitative estimate of drug-likeness (QED) is 0.584. The van der Waals surface area contributed by atoms with Gasteiger partial charge in [0.2, 0.25) is 0 Å². The fourth-order valence-corrected chi connectivity index (χ4v) is 3.01. The molecule has 0 atom stereocenters. The Kier molecular flexibility index (Phi) is 6.10. The minimum atomic E-state index is -0.548. The monoisotopic (exact) mass is 427 g/mol. The van der Waals surface area contributed by atoms with Crippen LogP contribution >= 0.6 is 0 Å². The molecule has 1 amide bonds. The van der Waals surface area contributed by atoms with E-state index in [-0.39, 0.29) is 17.6 Å². The Bertz CT molecular complexity index is 1290. The lowest BCUT2D eigenvalue weighted by atomic mass is 10.1. The van der Waals surface area contributed by atoms with E-state index in [1.165, 1.54) is 44.0 Å². The number of rotatable bonds is 6. The summed E-state index contributed by atoms with van der Waals surface area (Å²) < 4.78 is 17.5. The van der Waals surface area contributed by atoms with E-state index in [0.717, 1.165) is 4.57 Å². The molecule has 0 aliphatic heterocycles. The average molecular weight is 427 g/mol. The number of amides is 1. The Balaban J connectivity index is 1.93. The van der Waals surface area contributed by atoms with Crippen molar-refractivity contribution in [3.8, 4) is 11.5 Å². The normalized spacial score (nSPS) is 10.6. The fourth-order valence-electron chi connectivity index (χ4n) is 3.01. The zero-order valence-corrected chi connectivity index (χ0v) is 17.4. The van der Waals surface area contributed by atoms with Crippen molar-refractivity contribution in [2.45, 2.75) is 0 Å². The van der Waals surface area contributed by atoms with E-state index in [4.69, 9.17) is 9.47 Å². The molecule has 0 fully saturated rings. The molecular formula is C21H21N3O7. The van der Waals surface area contributed by atoms with E-state index >= 15 is 0 Å². The fraction of sp³-hybridized carbons (Fsp3) is 0.238. The zero-order chi connectivity index (χ0) is 22.7. The van der Waals surface area contributed by atoms with Gasteiger partial charge in [0.1, 0.15) is 11.5 Å². The van der Waals surface area contributed by atoms with E-state index in [9.17, 15) is 19.2 Å². The number of esters is 1. The summed E-state index contributed by atoms with van der Waals surface area (Å²) in [5.74, 6) is -0.350. The summed E-state index contributed by atoms with van der Waals surface area (Å²) >= 11 is 0. The first-order chi connectivity index (χ1) is 14.8. The van der Waals surface area contributed by atoms with Crippen LogP contribution in [0.25, 0.3) is 10.9 Å². The topological polar surface area (TPSA) is 118 Å². The number of aromatic nitrogens is 2. The molecule has 0 aliphatic carbocycles. The zero-order valence-electron chi connectivity index (χ0n) is 17.4. The molecule has 0 saturated carbocycles. The Hall–Kier alpha value is -4.08. The summed E-state index contributed by atoms with van der Waals surface area (Å²) in [6.07, 6.45) is 0. The van der Waals surface area contributed by atoms with E-state index in [2.05, 4.69) is 10.1 Å². The smallest absolute Gasteiger partial charge is 0.343 e. The summed E-state index contributed by atoms with van der Waals surface area (Å²) in [5.41, 5.74) is -0.0123. The standard InChI is InChI=1S/C21H21N3O7/c1-23-16-7-5-12(9-14(16)20(27)24(2)21(23)28)19(26)22-15-10-13(6-8-17(15)29-3)31-11-18(25)30-4/h5-10H,11H2,1-4H3,(H,22,26). The number of methoxy groups -OCH3 is 2. The molecule has 3 rings (SSSR count). The number of carbonyl (C=O) groups is 2. The number of nitrogens with zero attached hydrogens (tertiary/aromatic N) is 2. The average Bonchev–Trinajstić information content (AvgIpc) is 2.79. The molecule has 0 spiro atoms. The van der Waals surface area contributed by atoms with Gasteiger partial charge in [-0.15, -0.1) is 0 Å². The van der Waals surface area contributed by atoms with Gasteiger partial charge in [0, 0.05) is 25.7 Å². The molecule has 0 radical (unpaired) electrons. The lowest BCUT2D eigenvalue weighted by Gasteiger charge is -2.13. The van der Waals surface area contributed by atoms with Gasteiger partial charge in [-0.3, -0.25) is 18.7 Å². The maximum absolute atomic E-state index is 12.8. The van der Waals surface area contributed by atoms with Crippen LogP contribution in [0.2, 0.25) is 0 Å². The molecule has 0 bridgehead atoms. The SMILES string of the molecule is COC(=O)COc1ccc(OC)c(NC(=O)c2ccc3c(c2)c(=O)n(C)c(=O)n3C)c1. The van der Waals surface area contributed by atoms with Crippen LogP contribution in [0.5, 0.6) is 11.5 Å². The summed E-state index contributed by atoms with van der Waals surface area (Å²) in [6.45, 7) is -0.289. The van der Waals surface area contributed by atoms with Crippen molar-refractivity contribution in [1.82, 2.24) is 9.13 Å². The van der Waals surface area contributed by atoms with Crippen LogP contribution in [0.4, 0.5) is 5.69 Å². The summed E-state index contributed by atoms with van der Waals surface area (Å²) in [7, 11) is 5.62. The van der Waals surface area contributed by atoms with Crippen LogP contribution in [0.15, 0.2) is 46.0 Å². The number of ether oxygens (including phenoxy) is 3. The number of benzene rings is 2. The molecule has 10 heteroatoms. The summed E-state index contributed by atoms with van der Waals surface area (Å²) in [6, 6.07) is 9.15. The highest BCUT2D eigenvalue weighted by Crippen LogP contribution is 2.29. The largest absolute Gasteiger partial charge is 0.495 e. The van der Waals surface area contributed by atoms with Crippen molar-refractivity contribution < 1.29 is 23.8 Å². The van der Waals surface area contributed by atoms with Crippen LogP contribution in [-0.2, 0) is 23.6 Å². The number of nitrogens with one attached hydrogen (secondary N) is 1. The van der Waals surface area contributed by atoms with Crippen molar-refractivity contribution in [2.24, 2.45) is 14.1 Å². The molecule has 162 valence electrons. The van der Waals surface area contributed by atoms with Gasteiger partial charge in [-0.1, -0.05) is 0 Å². The molecule has 1 heterocycles. The first-order valence-corrected chi connectivity index (χ1v) is 9.15. The lowest BCUT2D eigenvalue weighted by molar-refractivity contribution is -0.142. The Morgan fingerprint density at radius 3 is 2.42 bits per heavy atom. The molecular weight excluding hydrogens is 406 g/mol.